The molecule has 1 heterocycles. The number of ether oxygens (including phenoxy) is 2. The Hall–Kier alpha value is -2.89. The molecule has 2 aromatic carbocycles. The molecule has 3 aromatic rings. The topological polar surface area (TPSA) is 53.4 Å². The van der Waals surface area contributed by atoms with E-state index in [1.165, 1.54) is 17.7 Å². The number of nitrogens with zero attached hydrogens (tertiary/aromatic N) is 2. The van der Waals surface area contributed by atoms with Crippen LogP contribution >= 0.6 is 0 Å². The maximum Gasteiger partial charge on any atom is 0.308 e. The Kier molecular flexibility index (Phi) is 3.73. The summed E-state index contributed by atoms with van der Waals surface area (Å²) in [4.78, 5) is 11.0. The molecule has 1 aromatic heterocycles. The number of fused-ring (bicyclic) bond motifs is 1. The number of carbonyl (C=O) groups excluding carboxylic acids is 1. The van der Waals surface area contributed by atoms with E-state index in [2.05, 4.69) is 5.10 Å². The van der Waals surface area contributed by atoms with E-state index in [0.29, 0.717) is 22.3 Å². The third-order valence-electron chi connectivity index (χ3n) is 3.48. The van der Waals surface area contributed by atoms with Crippen molar-refractivity contribution in [2.24, 2.45) is 0 Å². The Morgan fingerprint density at radius 2 is 1.91 bits per heavy atom. The summed E-state index contributed by atoms with van der Waals surface area (Å²) < 4.78 is 26.1. The number of methoxy groups -OCH3 is 1. The lowest BCUT2D eigenvalue weighted by molar-refractivity contribution is -0.131. The zero-order valence-electron chi connectivity index (χ0n) is 13.0. The van der Waals surface area contributed by atoms with Crippen LogP contribution < -0.4 is 9.47 Å². The van der Waals surface area contributed by atoms with Crippen LogP contribution in [0, 0.1) is 12.9 Å². The molecule has 0 atom stereocenters. The van der Waals surface area contributed by atoms with Gasteiger partial charge in [-0.2, -0.15) is 9.49 Å². The van der Waals surface area contributed by atoms with E-state index in [4.69, 9.17) is 9.47 Å². The van der Waals surface area contributed by atoms with Gasteiger partial charge >= 0.3 is 5.97 Å². The standard InChI is InChI=1S/C17H15FN2O3/c1-10-8-12(22-3)5-7-16(10)20-17(18)14-9-13(23-11(2)21)4-6-15(14)19-20/h4-9H,1-3H3. The molecule has 0 aliphatic rings. The molecule has 5 nitrogen and oxygen atoms in total. The summed E-state index contributed by atoms with van der Waals surface area (Å²) >= 11 is 0. The first kappa shape index (κ1) is 15.0. The molecule has 0 unspecified atom stereocenters. The highest BCUT2D eigenvalue weighted by Gasteiger charge is 2.15. The van der Waals surface area contributed by atoms with E-state index in [0.717, 1.165) is 5.56 Å². The van der Waals surface area contributed by atoms with Gasteiger partial charge in [0.05, 0.1) is 23.7 Å². The molecule has 0 spiro atoms. The minimum absolute atomic E-state index is 0.287. The van der Waals surface area contributed by atoms with Gasteiger partial charge in [-0.25, -0.2) is 4.68 Å². The van der Waals surface area contributed by atoms with Crippen LogP contribution in [0.4, 0.5) is 4.39 Å². The summed E-state index contributed by atoms with van der Waals surface area (Å²) in [6.45, 7) is 3.15. The molecule has 0 fully saturated rings. The number of hydrogen-bond acceptors (Lipinski definition) is 4. The summed E-state index contributed by atoms with van der Waals surface area (Å²) in [6, 6.07) is 9.97. The number of carbonyl (C=O) groups is 1. The maximum atomic E-state index is 14.7. The number of benzene rings is 2. The molecule has 0 aliphatic carbocycles. The zero-order chi connectivity index (χ0) is 16.6. The SMILES string of the molecule is COc1ccc(-n2nc3ccc(OC(C)=O)cc3c2F)c(C)c1. The van der Waals surface area contributed by atoms with Gasteiger partial charge in [0.15, 0.2) is 0 Å². The van der Waals surface area contributed by atoms with Crippen molar-refractivity contribution in [2.45, 2.75) is 13.8 Å². The number of rotatable bonds is 3. The van der Waals surface area contributed by atoms with Crippen molar-refractivity contribution >= 4 is 16.9 Å². The molecule has 6 heteroatoms. The first-order chi connectivity index (χ1) is 11.0. The molecule has 0 radical (unpaired) electrons. The third-order valence-corrected chi connectivity index (χ3v) is 3.48. The Bertz CT molecular complexity index is 902. The van der Waals surface area contributed by atoms with Crippen molar-refractivity contribution in [3.63, 3.8) is 0 Å². The smallest absolute Gasteiger partial charge is 0.308 e. The summed E-state index contributed by atoms with van der Waals surface area (Å²) in [6.07, 6.45) is 0. The number of hydrogen-bond donors (Lipinski definition) is 0. The van der Waals surface area contributed by atoms with Gasteiger partial charge in [0.2, 0.25) is 5.95 Å². The zero-order valence-corrected chi connectivity index (χ0v) is 13.0. The lowest BCUT2D eigenvalue weighted by Crippen LogP contribution is -2.02. The van der Waals surface area contributed by atoms with Crippen LogP contribution in [0.25, 0.3) is 16.6 Å². The fraction of sp³-hybridized carbons (Fsp3) is 0.176. The maximum absolute atomic E-state index is 14.7. The van der Waals surface area contributed by atoms with Crippen molar-refractivity contribution in [3.05, 3.63) is 47.9 Å². The van der Waals surface area contributed by atoms with Gasteiger partial charge in [-0.1, -0.05) is 0 Å². The van der Waals surface area contributed by atoms with Gasteiger partial charge in [-0.05, 0) is 48.9 Å². The lowest BCUT2D eigenvalue weighted by Gasteiger charge is -2.08. The van der Waals surface area contributed by atoms with Crippen molar-refractivity contribution in [1.82, 2.24) is 9.78 Å². The normalized spacial score (nSPS) is 10.8. The van der Waals surface area contributed by atoms with Gasteiger partial charge in [0.1, 0.15) is 11.5 Å². The summed E-state index contributed by atoms with van der Waals surface area (Å²) in [7, 11) is 1.58. The van der Waals surface area contributed by atoms with Gasteiger partial charge < -0.3 is 9.47 Å². The number of aromatic nitrogens is 2. The molecule has 0 amide bonds. The molecular weight excluding hydrogens is 299 g/mol. The quantitative estimate of drug-likeness (QED) is 0.549. The number of esters is 1. The highest BCUT2D eigenvalue weighted by atomic mass is 19.1. The monoisotopic (exact) mass is 314 g/mol. The van der Waals surface area contributed by atoms with E-state index in [1.807, 2.05) is 13.0 Å². The third kappa shape index (κ3) is 2.75. The van der Waals surface area contributed by atoms with Gasteiger partial charge in [-0.3, -0.25) is 4.79 Å². The van der Waals surface area contributed by atoms with Crippen LogP contribution in [0.3, 0.4) is 0 Å². The predicted molar refractivity (Wildman–Crippen MR) is 83.6 cm³/mol. The summed E-state index contributed by atoms with van der Waals surface area (Å²) in [5.74, 6) is 0.0147. The van der Waals surface area contributed by atoms with Gasteiger partial charge in [0.25, 0.3) is 0 Å². The first-order valence-corrected chi connectivity index (χ1v) is 7.01. The second-order valence-electron chi connectivity index (χ2n) is 5.13. The van der Waals surface area contributed by atoms with Crippen molar-refractivity contribution in [3.8, 4) is 17.2 Å². The van der Waals surface area contributed by atoms with Crippen LogP contribution in [0.15, 0.2) is 36.4 Å². The molecule has 0 saturated heterocycles. The largest absolute Gasteiger partial charge is 0.497 e. The minimum atomic E-state index is -0.512. The Balaban J connectivity index is 2.12. The van der Waals surface area contributed by atoms with E-state index >= 15 is 0 Å². The minimum Gasteiger partial charge on any atom is -0.497 e. The fourth-order valence-electron chi connectivity index (χ4n) is 2.41. The van der Waals surface area contributed by atoms with E-state index < -0.39 is 11.9 Å². The first-order valence-electron chi connectivity index (χ1n) is 7.01. The number of halogens is 1. The van der Waals surface area contributed by atoms with Crippen LogP contribution in [0.2, 0.25) is 0 Å². The van der Waals surface area contributed by atoms with Crippen LogP contribution in [-0.2, 0) is 4.79 Å². The van der Waals surface area contributed by atoms with Crippen LogP contribution in [0.1, 0.15) is 12.5 Å². The van der Waals surface area contributed by atoms with Crippen molar-refractivity contribution in [1.29, 1.82) is 0 Å². The van der Waals surface area contributed by atoms with Crippen LogP contribution in [0.5, 0.6) is 11.5 Å². The molecule has 0 bridgehead atoms. The molecule has 23 heavy (non-hydrogen) atoms. The highest BCUT2D eigenvalue weighted by Crippen LogP contribution is 2.27. The molecule has 3 rings (SSSR count). The molecule has 0 aliphatic heterocycles. The van der Waals surface area contributed by atoms with Crippen LogP contribution in [-0.4, -0.2) is 22.9 Å². The molecular formula is C17H15FN2O3. The van der Waals surface area contributed by atoms with Crippen molar-refractivity contribution < 1.29 is 18.7 Å². The summed E-state index contributed by atoms with van der Waals surface area (Å²) in [5.41, 5.74) is 1.93. The van der Waals surface area contributed by atoms with E-state index in [1.54, 1.807) is 31.4 Å². The average molecular weight is 314 g/mol. The molecule has 118 valence electrons. The Labute approximate surface area is 132 Å². The fourth-order valence-corrected chi connectivity index (χ4v) is 2.41. The van der Waals surface area contributed by atoms with Gasteiger partial charge in [-0.15, -0.1) is 0 Å². The Morgan fingerprint density at radius 3 is 2.57 bits per heavy atom. The van der Waals surface area contributed by atoms with E-state index in [9.17, 15) is 9.18 Å². The average Bonchev–Trinajstić information content (AvgIpc) is 2.83. The molecule has 0 saturated carbocycles. The lowest BCUT2D eigenvalue weighted by atomic mass is 10.2. The highest BCUT2D eigenvalue weighted by molar-refractivity contribution is 5.82. The second-order valence-corrected chi connectivity index (χ2v) is 5.13. The number of aryl methyl sites for hydroxylation is 1. The predicted octanol–water partition coefficient (Wildman–Crippen LogP) is 3.41. The second kappa shape index (κ2) is 5.72. The molecule has 0 N–H and O–H groups in total. The summed E-state index contributed by atoms with van der Waals surface area (Å²) in [5, 5.41) is 4.57. The van der Waals surface area contributed by atoms with Crippen molar-refractivity contribution in [2.75, 3.05) is 7.11 Å². The Morgan fingerprint density at radius 1 is 1.17 bits per heavy atom. The van der Waals surface area contributed by atoms with E-state index in [-0.39, 0.29) is 5.75 Å². The van der Waals surface area contributed by atoms with Gasteiger partial charge in [0, 0.05) is 6.92 Å².